The maximum Gasteiger partial charge on any atom is 0.356 e. The van der Waals surface area contributed by atoms with Crippen molar-refractivity contribution in [1.82, 2.24) is 15.1 Å². The van der Waals surface area contributed by atoms with Crippen LogP contribution in [0.2, 0.25) is 0 Å². The fourth-order valence-corrected chi connectivity index (χ4v) is 4.38. The van der Waals surface area contributed by atoms with E-state index in [2.05, 4.69) is 32.1 Å². The van der Waals surface area contributed by atoms with Crippen molar-refractivity contribution in [2.75, 3.05) is 38.2 Å². The van der Waals surface area contributed by atoms with Crippen LogP contribution in [0.1, 0.15) is 42.4 Å². The van der Waals surface area contributed by atoms with E-state index in [1.165, 1.54) is 0 Å². The molecule has 8 heteroatoms. The second-order valence-corrected chi connectivity index (χ2v) is 9.86. The second-order valence-electron chi connectivity index (χ2n) is 9.86. The molecule has 0 radical (unpaired) electrons. The lowest BCUT2D eigenvalue weighted by Crippen LogP contribution is -2.46. The Labute approximate surface area is 205 Å². The molecule has 0 spiro atoms. The van der Waals surface area contributed by atoms with Crippen LogP contribution in [-0.2, 0) is 12.0 Å². The maximum atomic E-state index is 11.6. The SMILES string of the molecule is COc1cc(-c2cccc(O)c2)ccc1CN1CCN(c2cc(C(C)(C)C)c(C(=O)O)nn2)CC1. The summed E-state index contributed by atoms with van der Waals surface area (Å²) in [6.45, 7) is 9.93. The molecule has 1 aliphatic rings. The average Bonchev–Trinajstić information content (AvgIpc) is 2.84. The molecule has 35 heavy (non-hydrogen) atoms. The number of phenols is 1. The van der Waals surface area contributed by atoms with Crippen LogP contribution in [0, 0.1) is 0 Å². The van der Waals surface area contributed by atoms with Gasteiger partial charge in [-0.15, -0.1) is 10.2 Å². The zero-order chi connectivity index (χ0) is 25.2. The van der Waals surface area contributed by atoms with Gasteiger partial charge in [0.1, 0.15) is 11.5 Å². The number of rotatable bonds is 6. The standard InChI is InChI=1S/C27H32N4O4/c1-27(2,3)22-16-24(28-29-25(22)26(33)34)31-12-10-30(11-13-31)17-20-9-8-19(15-23(20)35-4)18-6-5-7-21(32)14-18/h5-9,14-16,32H,10-13,17H2,1-4H3,(H,33,34). The lowest BCUT2D eigenvalue weighted by molar-refractivity contribution is 0.0686. The smallest absolute Gasteiger partial charge is 0.356 e. The van der Waals surface area contributed by atoms with E-state index in [0.29, 0.717) is 11.4 Å². The number of benzene rings is 2. The van der Waals surface area contributed by atoms with Crippen LogP contribution < -0.4 is 9.64 Å². The number of carboxylic acids is 1. The molecule has 3 aromatic rings. The molecule has 4 rings (SSSR count). The summed E-state index contributed by atoms with van der Waals surface area (Å²) < 4.78 is 5.68. The lowest BCUT2D eigenvalue weighted by atomic mass is 9.86. The van der Waals surface area contributed by atoms with E-state index < -0.39 is 5.97 Å². The number of carboxylic acid groups (broad SMARTS) is 1. The van der Waals surface area contributed by atoms with E-state index in [1.54, 1.807) is 19.2 Å². The summed E-state index contributed by atoms with van der Waals surface area (Å²) in [6.07, 6.45) is 0. The van der Waals surface area contributed by atoms with Gasteiger partial charge in [-0.25, -0.2) is 4.79 Å². The third-order valence-corrected chi connectivity index (χ3v) is 6.35. The van der Waals surface area contributed by atoms with Crippen molar-refractivity contribution in [2.45, 2.75) is 32.7 Å². The van der Waals surface area contributed by atoms with Gasteiger partial charge in [0.15, 0.2) is 11.5 Å². The molecule has 0 bridgehead atoms. The summed E-state index contributed by atoms with van der Waals surface area (Å²) in [4.78, 5) is 16.1. The number of carbonyl (C=O) groups is 1. The molecular weight excluding hydrogens is 444 g/mol. The molecule has 1 fully saturated rings. The Morgan fingerprint density at radius 2 is 1.71 bits per heavy atom. The molecule has 8 nitrogen and oxygen atoms in total. The largest absolute Gasteiger partial charge is 0.508 e. The number of hydrogen-bond donors (Lipinski definition) is 2. The first-order valence-electron chi connectivity index (χ1n) is 11.7. The van der Waals surface area contributed by atoms with Crippen molar-refractivity contribution in [1.29, 1.82) is 0 Å². The predicted octanol–water partition coefficient (Wildman–Crippen LogP) is 4.18. The lowest BCUT2D eigenvalue weighted by Gasteiger charge is -2.36. The quantitative estimate of drug-likeness (QED) is 0.547. The Hall–Kier alpha value is -3.65. The second kappa shape index (κ2) is 9.92. The minimum absolute atomic E-state index is 0.0149. The zero-order valence-electron chi connectivity index (χ0n) is 20.7. The van der Waals surface area contributed by atoms with E-state index >= 15 is 0 Å². The number of nitrogens with zero attached hydrogens (tertiary/aromatic N) is 4. The number of phenolic OH excluding ortho intramolecular Hbond substituents is 1. The van der Waals surface area contributed by atoms with E-state index in [4.69, 9.17) is 4.74 Å². The van der Waals surface area contributed by atoms with Gasteiger partial charge in [-0.1, -0.05) is 45.0 Å². The molecule has 2 heterocycles. The molecule has 1 saturated heterocycles. The Morgan fingerprint density at radius 3 is 2.34 bits per heavy atom. The van der Waals surface area contributed by atoms with Crippen LogP contribution in [0.4, 0.5) is 5.82 Å². The minimum atomic E-state index is -1.05. The van der Waals surface area contributed by atoms with E-state index in [0.717, 1.165) is 55.2 Å². The fourth-order valence-electron chi connectivity index (χ4n) is 4.38. The van der Waals surface area contributed by atoms with Gasteiger partial charge in [0.25, 0.3) is 0 Å². The number of aromatic carboxylic acids is 1. The first-order chi connectivity index (χ1) is 16.7. The van der Waals surface area contributed by atoms with E-state index in [-0.39, 0.29) is 16.9 Å². The predicted molar refractivity (Wildman–Crippen MR) is 135 cm³/mol. The number of methoxy groups -OCH3 is 1. The number of aromatic hydroxyl groups is 1. The van der Waals surface area contributed by atoms with Crippen molar-refractivity contribution >= 4 is 11.8 Å². The number of hydrogen-bond acceptors (Lipinski definition) is 7. The topological polar surface area (TPSA) is 99.0 Å². The van der Waals surface area contributed by atoms with Gasteiger partial charge >= 0.3 is 5.97 Å². The third-order valence-electron chi connectivity index (χ3n) is 6.35. The first kappa shape index (κ1) is 24.5. The van der Waals surface area contributed by atoms with Crippen molar-refractivity contribution in [3.05, 3.63) is 65.4 Å². The van der Waals surface area contributed by atoms with Gasteiger partial charge in [-0.3, -0.25) is 4.90 Å². The number of aromatic nitrogens is 2. The average molecular weight is 477 g/mol. The van der Waals surface area contributed by atoms with E-state index in [1.807, 2.05) is 45.0 Å². The highest BCUT2D eigenvalue weighted by Gasteiger charge is 2.27. The molecule has 0 aliphatic carbocycles. The minimum Gasteiger partial charge on any atom is -0.508 e. The van der Waals surface area contributed by atoms with Crippen LogP contribution in [-0.4, -0.2) is 64.6 Å². The van der Waals surface area contributed by atoms with Gasteiger partial charge in [0.2, 0.25) is 0 Å². The fraction of sp³-hybridized carbons (Fsp3) is 0.370. The summed E-state index contributed by atoms with van der Waals surface area (Å²) in [5.41, 5.74) is 3.39. The molecule has 2 aromatic carbocycles. The van der Waals surface area contributed by atoms with Gasteiger partial charge < -0.3 is 19.8 Å². The normalized spacial score (nSPS) is 14.7. The summed E-state index contributed by atoms with van der Waals surface area (Å²) in [7, 11) is 1.68. The van der Waals surface area contributed by atoms with Crippen LogP contribution >= 0.6 is 0 Å². The molecule has 1 aromatic heterocycles. The first-order valence-corrected chi connectivity index (χ1v) is 11.7. The van der Waals surface area contributed by atoms with Crippen molar-refractivity contribution in [3.8, 4) is 22.6 Å². The third kappa shape index (κ3) is 5.54. The van der Waals surface area contributed by atoms with Crippen molar-refractivity contribution < 1.29 is 19.7 Å². The molecular formula is C27H32N4O4. The number of piperazine rings is 1. The van der Waals surface area contributed by atoms with Crippen molar-refractivity contribution in [3.63, 3.8) is 0 Å². The Bertz CT molecular complexity index is 1210. The Balaban J connectivity index is 1.45. The van der Waals surface area contributed by atoms with Gasteiger partial charge in [-0.2, -0.15) is 0 Å². The maximum absolute atomic E-state index is 11.6. The van der Waals surface area contributed by atoms with E-state index in [9.17, 15) is 15.0 Å². The summed E-state index contributed by atoms with van der Waals surface area (Å²) in [5.74, 6) is 0.717. The van der Waals surface area contributed by atoms with Crippen LogP contribution in [0.5, 0.6) is 11.5 Å². The van der Waals surface area contributed by atoms with Crippen LogP contribution in [0.15, 0.2) is 48.5 Å². The zero-order valence-corrected chi connectivity index (χ0v) is 20.7. The molecule has 0 atom stereocenters. The molecule has 0 amide bonds. The number of anilines is 1. The summed E-state index contributed by atoms with van der Waals surface area (Å²) in [6, 6.07) is 15.2. The van der Waals surface area contributed by atoms with Gasteiger partial charge in [0.05, 0.1) is 7.11 Å². The van der Waals surface area contributed by atoms with Gasteiger partial charge in [-0.05, 0) is 46.4 Å². The van der Waals surface area contributed by atoms with Crippen molar-refractivity contribution in [2.24, 2.45) is 0 Å². The summed E-state index contributed by atoms with van der Waals surface area (Å²) in [5, 5.41) is 27.5. The highest BCUT2D eigenvalue weighted by atomic mass is 16.5. The molecule has 184 valence electrons. The molecule has 0 unspecified atom stereocenters. The highest BCUT2D eigenvalue weighted by molar-refractivity contribution is 5.87. The molecule has 2 N–H and O–H groups in total. The molecule has 0 saturated carbocycles. The highest BCUT2D eigenvalue weighted by Crippen LogP contribution is 2.31. The Morgan fingerprint density at radius 1 is 1.00 bits per heavy atom. The Kier molecular flexibility index (Phi) is 6.93. The van der Waals surface area contributed by atoms with Crippen LogP contribution in [0.3, 0.4) is 0 Å². The number of ether oxygens (including phenoxy) is 1. The van der Waals surface area contributed by atoms with Crippen LogP contribution in [0.25, 0.3) is 11.1 Å². The summed E-state index contributed by atoms with van der Waals surface area (Å²) >= 11 is 0. The van der Waals surface area contributed by atoms with Gasteiger partial charge in [0, 0.05) is 38.3 Å². The monoisotopic (exact) mass is 476 g/mol. The molecule has 1 aliphatic heterocycles.